The molecule has 2 N–H and O–H groups in total. The van der Waals surface area contributed by atoms with Gasteiger partial charge < -0.3 is 20.1 Å². The van der Waals surface area contributed by atoms with Crippen LogP contribution < -0.4 is 10.6 Å². The van der Waals surface area contributed by atoms with Crippen LogP contribution in [0.3, 0.4) is 0 Å². The highest BCUT2D eigenvalue weighted by atomic mass is 19.1. The molecule has 1 fully saturated rings. The van der Waals surface area contributed by atoms with Gasteiger partial charge in [-0.15, -0.1) is 0 Å². The smallest absolute Gasteiger partial charge is 0.191 e. The van der Waals surface area contributed by atoms with Crippen LogP contribution in [-0.2, 0) is 14.9 Å². The minimum Gasteiger partial charge on any atom is -0.382 e. The Bertz CT molecular complexity index is 547. The third-order valence-corrected chi connectivity index (χ3v) is 4.36. The first-order valence-corrected chi connectivity index (χ1v) is 9.05. The van der Waals surface area contributed by atoms with Gasteiger partial charge in [0.05, 0.1) is 19.8 Å². The lowest BCUT2D eigenvalue weighted by atomic mass is 9.96. The summed E-state index contributed by atoms with van der Waals surface area (Å²) in [6.45, 7) is 6.28. The number of nitrogens with zero attached hydrogens (tertiary/aromatic N) is 1. The highest BCUT2D eigenvalue weighted by molar-refractivity contribution is 5.79. The van der Waals surface area contributed by atoms with Crippen LogP contribution in [0.5, 0.6) is 0 Å². The number of benzene rings is 1. The fourth-order valence-electron chi connectivity index (χ4n) is 2.70. The summed E-state index contributed by atoms with van der Waals surface area (Å²) in [6.07, 6.45) is 3.03. The van der Waals surface area contributed by atoms with Crippen molar-refractivity contribution in [3.63, 3.8) is 0 Å². The van der Waals surface area contributed by atoms with E-state index in [1.807, 2.05) is 13.0 Å². The average molecular weight is 351 g/mol. The molecular formula is C19H30FN3O2. The predicted molar refractivity (Wildman–Crippen MR) is 98.6 cm³/mol. The molecular weight excluding hydrogens is 321 g/mol. The Morgan fingerprint density at radius 2 is 2.08 bits per heavy atom. The first kappa shape index (κ1) is 19.7. The molecule has 0 radical (unpaired) electrons. The molecule has 0 heterocycles. The first-order valence-electron chi connectivity index (χ1n) is 9.05. The third kappa shape index (κ3) is 6.63. The van der Waals surface area contributed by atoms with Crippen LogP contribution in [0, 0.1) is 5.82 Å². The lowest BCUT2D eigenvalue weighted by Gasteiger charge is -2.16. The van der Waals surface area contributed by atoms with Crippen LogP contribution in [-0.4, -0.2) is 52.5 Å². The predicted octanol–water partition coefficient (Wildman–Crippen LogP) is 2.47. The Kier molecular flexibility index (Phi) is 8.15. The fourth-order valence-corrected chi connectivity index (χ4v) is 2.70. The molecule has 0 saturated heterocycles. The van der Waals surface area contributed by atoms with Gasteiger partial charge in [0, 0.05) is 32.2 Å². The molecule has 140 valence electrons. The van der Waals surface area contributed by atoms with Crippen molar-refractivity contribution in [1.82, 2.24) is 10.6 Å². The van der Waals surface area contributed by atoms with Gasteiger partial charge in [-0.05, 0) is 43.9 Å². The van der Waals surface area contributed by atoms with Gasteiger partial charge in [-0.25, -0.2) is 4.39 Å². The SMILES string of the molecule is CCNC(=NCC1(c2cccc(F)c2)CC1)NCCCOCCOC. The topological polar surface area (TPSA) is 54.9 Å². The Balaban J connectivity index is 1.79. The zero-order valence-corrected chi connectivity index (χ0v) is 15.3. The maximum absolute atomic E-state index is 13.5. The Morgan fingerprint density at radius 3 is 2.76 bits per heavy atom. The van der Waals surface area contributed by atoms with E-state index < -0.39 is 0 Å². The average Bonchev–Trinajstić information content (AvgIpc) is 3.40. The highest BCUT2D eigenvalue weighted by Gasteiger charge is 2.44. The van der Waals surface area contributed by atoms with Gasteiger partial charge in [0.25, 0.3) is 0 Å². The van der Waals surface area contributed by atoms with Crippen LogP contribution >= 0.6 is 0 Å². The highest BCUT2D eigenvalue weighted by Crippen LogP contribution is 2.48. The molecule has 0 spiro atoms. The molecule has 1 aromatic rings. The van der Waals surface area contributed by atoms with Crippen molar-refractivity contribution in [2.75, 3.05) is 46.6 Å². The van der Waals surface area contributed by atoms with E-state index in [1.54, 1.807) is 19.2 Å². The van der Waals surface area contributed by atoms with E-state index in [1.165, 1.54) is 6.07 Å². The maximum atomic E-state index is 13.5. The lowest BCUT2D eigenvalue weighted by molar-refractivity contribution is 0.0698. The van der Waals surface area contributed by atoms with Gasteiger partial charge in [0.2, 0.25) is 0 Å². The van der Waals surface area contributed by atoms with Crippen LogP contribution in [0.4, 0.5) is 4.39 Å². The maximum Gasteiger partial charge on any atom is 0.191 e. The van der Waals surface area contributed by atoms with Gasteiger partial charge in [0.15, 0.2) is 5.96 Å². The zero-order chi connectivity index (χ0) is 18.0. The zero-order valence-electron chi connectivity index (χ0n) is 15.3. The van der Waals surface area contributed by atoms with Crippen molar-refractivity contribution in [3.05, 3.63) is 35.6 Å². The molecule has 0 atom stereocenters. The normalized spacial score (nSPS) is 15.9. The van der Waals surface area contributed by atoms with Crippen molar-refractivity contribution in [2.24, 2.45) is 4.99 Å². The van der Waals surface area contributed by atoms with Crippen LogP contribution in [0.15, 0.2) is 29.3 Å². The number of ether oxygens (including phenoxy) is 2. The number of hydrogen-bond acceptors (Lipinski definition) is 3. The minimum atomic E-state index is -0.175. The summed E-state index contributed by atoms with van der Waals surface area (Å²) >= 11 is 0. The summed E-state index contributed by atoms with van der Waals surface area (Å²) in [5, 5.41) is 6.59. The molecule has 1 aliphatic carbocycles. The summed E-state index contributed by atoms with van der Waals surface area (Å²) < 4.78 is 23.9. The molecule has 6 heteroatoms. The van der Waals surface area contributed by atoms with Crippen LogP contribution in [0.25, 0.3) is 0 Å². The molecule has 25 heavy (non-hydrogen) atoms. The summed E-state index contributed by atoms with van der Waals surface area (Å²) in [6, 6.07) is 6.91. The number of rotatable bonds is 11. The summed E-state index contributed by atoms with van der Waals surface area (Å²) in [5.41, 5.74) is 1.06. The van der Waals surface area contributed by atoms with E-state index in [2.05, 4.69) is 10.6 Å². The molecule has 1 aromatic carbocycles. The molecule has 0 amide bonds. The van der Waals surface area contributed by atoms with Crippen molar-refractivity contribution >= 4 is 5.96 Å². The second-order valence-corrected chi connectivity index (χ2v) is 6.37. The molecule has 0 aromatic heterocycles. The van der Waals surface area contributed by atoms with Crippen molar-refractivity contribution in [3.8, 4) is 0 Å². The van der Waals surface area contributed by atoms with E-state index in [-0.39, 0.29) is 11.2 Å². The van der Waals surface area contributed by atoms with Crippen LogP contribution in [0.1, 0.15) is 31.7 Å². The Hall–Kier alpha value is -1.66. The van der Waals surface area contributed by atoms with Gasteiger partial charge >= 0.3 is 0 Å². The monoisotopic (exact) mass is 351 g/mol. The van der Waals surface area contributed by atoms with E-state index in [0.717, 1.165) is 43.9 Å². The number of halogens is 1. The minimum absolute atomic E-state index is 0.00765. The first-order chi connectivity index (χ1) is 12.2. The molecule has 0 bridgehead atoms. The molecule has 1 aliphatic rings. The summed E-state index contributed by atoms with van der Waals surface area (Å²) in [7, 11) is 1.67. The van der Waals surface area contributed by atoms with E-state index in [9.17, 15) is 4.39 Å². The summed E-state index contributed by atoms with van der Waals surface area (Å²) in [5.74, 6) is 0.633. The van der Waals surface area contributed by atoms with Gasteiger partial charge in [-0.2, -0.15) is 0 Å². The number of aliphatic imine (C=N–C) groups is 1. The number of methoxy groups -OCH3 is 1. The van der Waals surface area contributed by atoms with Gasteiger partial charge in [-0.1, -0.05) is 12.1 Å². The van der Waals surface area contributed by atoms with E-state index in [0.29, 0.717) is 26.4 Å². The summed E-state index contributed by atoms with van der Waals surface area (Å²) in [4.78, 5) is 4.71. The molecule has 0 unspecified atom stereocenters. The van der Waals surface area contributed by atoms with E-state index in [4.69, 9.17) is 14.5 Å². The molecule has 5 nitrogen and oxygen atoms in total. The number of guanidine groups is 1. The second-order valence-electron chi connectivity index (χ2n) is 6.37. The van der Waals surface area contributed by atoms with Gasteiger partial charge in [0.1, 0.15) is 5.82 Å². The number of nitrogens with one attached hydrogen (secondary N) is 2. The Morgan fingerprint density at radius 1 is 1.24 bits per heavy atom. The van der Waals surface area contributed by atoms with Crippen LogP contribution in [0.2, 0.25) is 0 Å². The quantitative estimate of drug-likeness (QED) is 0.365. The number of hydrogen-bond donors (Lipinski definition) is 2. The molecule has 2 rings (SSSR count). The van der Waals surface area contributed by atoms with Crippen molar-refractivity contribution < 1.29 is 13.9 Å². The largest absolute Gasteiger partial charge is 0.382 e. The lowest BCUT2D eigenvalue weighted by Crippen LogP contribution is -2.38. The van der Waals surface area contributed by atoms with Crippen molar-refractivity contribution in [2.45, 2.75) is 31.6 Å². The standard InChI is InChI=1S/C19H30FN3O2/c1-3-21-18(22-10-5-11-25-13-12-24-2)23-15-19(8-9-19)16-6-4-7-17(20)14-16/h4,6-7,14H,3,5,8-13,15H2,1-2H3,(H2,21,22,23). The third-order valence-electron chi connectivity index (χ3n) is 4.36. The Labute approximate surface area is 150 Å². The second kappa shape index (κ2) is 10.4. The molecule has 0 aliphatic heterocycles. The van der Waals surface area contributed by atoms with Crippen molar-refractivity contribution in [1.29, 1.82) is 0 Å². The fraction of sp³-hybridized carbons (Fsp3) is 0.632. The van der Waals surface area contributed by atoms with Gasteiger partial charge in [-0.3, -0.25) is 4.99 Å². The van der Waals surface area contributed by atoms with E-state index >= 15 is 0 Å². The molecule has 1 saturated carbocycles.